The predicted molar refractivity (Wildman–Crippen MR) is 47.4 cm³/mol. The molecule has 5 heteroatoms. The molecular weight excluding hydrogens is 188 g/mol. The van der Waals surface area contributed by atoms with Gasteiger partial charge >= 0.3 is 11.9 Å². The maximum atomic E-state index is 11.4. The third-order valence-electron chi connectivity index (χ3n) is 1.96. The lowest BCUT2D eigenvalue weighted by Crippen LogP contribution is -2.32. The Balaban J connectivity index is 4.46. The highest BCUT2D eigenvalue weighted by Gasteiger charge is 2.31. The van der Waals surface area contributed by atoms with Crippen LogP contribution in [0.4, 0.5) is 0 Å². The van der Waals surface area contributed by atoms with E-state index in [0.717, 1.165) is 0 Å². The molecule has 80 valence electrons. The van der Waals surface area contributed by atoms with Gasteiger partial charge in [-0.3, -0.25) is 14.4 Å². The van der Waals surface area contributed by atoms with E-state index in [-0.39, 0.29) is 0 Å². The zero-order valence-corrected chi connectivity index (χ0v) is 8.70. The molecule has 0 saturated carbocycles. The number of Topliss-reactive ketones (excluding diaryl/α,β-unsaturated/α-hetero) is 1. The third-order valence-corrected chi connectivity index (χ3v) is 1.96. The molecule has 0 amide bonds. The van der Waals surface area contributed by atoms with E-state index in [4.69, 9.17) is 0 Å². The number of hydrogen-bond donors (Lipinski definition) is 0. The molecule has 2 atom stereocenters. The zero-order chi connectivity index (χ0) is 11.3. The van der Waals surface area contributed by atoms with Crippen molar-refractivity contribution < 1.29 is 23.9 Å². The second-order valence-electron chi connectivity index (χ2n) is 2.89. The second kappa shape index (κ2) is 5.36. The fraction of sp³-hybridized carbons (Fsp3) is 0.667. The normalized spacial score (nSPS) is 14.0. The Kier molecular flexibility index (Phi) is 4.83. The van der Waals surface area contributed by atoms with Crippen LogP contribution in [0, 0.1) is 11.8 Å². The van der Waals surface area contributed by atoms with Gasteiger partial charge in [0, 0.05) is 0 Å². The van der Waals surface area contributed by atoms with Crippen LogP contribution in [0.25, 0.3) is 0 Å². The van der Waals surface area contributed by atoms with Crippen molar-refractivity contribution in [2.75, 3.05) is 14.2 Å². The minimum atomic E-state index is -0.936. The number of ketones is 1. The monoisotopic (exact) mass is 202 g/mol. The first kappa shape index (κ1) is 12.6. The standard InChI is InChI=1S/C9H14O5/c1-5(8(11)13-3)7(10)6(2)9(12)14-4/h5-6H,1-4H3. The molecule has 0 N–H and O–H groups in total. The fourth-order valence-corrected chi connectivity index (χ4v) is 0.961. The highest BCUT2D eigenvalue weighted by atomic mass is 16.5. The van der Waals surface area contributed by atoms with E-state index in [1.807, 2.05) is 0 Å². The van der Waals surface area contributed by atoms with Gasteiger partial charge in [-0.1, -0.05) is 0 Å². The quantitative estimate of drug-likeness (QED) is 0.480. The number of hydrogen-bond acceptors (Lipinski definition) is 5. The largest absolute Gasteiger partial charge is 0.468 e. The molecule has 0 saturated heterocycles. The van der Waals surface area contributed by atoms with Crippen LogP contribution in [0.5, 0.6) is 0 Å². The molecular formula is C9H14O5. The number of methoxy groups -OCH3 is 2. The van der Waals surface area contributed by atoms with Gasteiger partial charge in [0.1, 0.15) is 11.8 Å². The van der Waals surface area contributed by atoms with E-state index in [1.165, 1.54) is 28.1 Å². The summed E-state index contributed by atoms with van der Waals surface area (Å²) in [6.45, 7) is 2.79. The zero-order valence-electron chi connectivity index (χ0n) is 8.70. The van der Waals surface area contributed by atoms with Crippen LogP contribution in [0.3, 0.4) is 0 Å². The molecule has 0 aromatic heterocycles. The van der Waals surface area contributed by atoms with Crippen molar-refractivity contribution >= 4 is 17.7 Å². The van der Waals surface area contributed by atoms with Gasteiger partial charge in [-0.2, -0.15) is 0 Å². The van der Waals surface area contributed by atoms with Crippen LogP contribution in [0.2, 0.25) is 0 Å². The van der Waals surface area contributed by atoms with Gasteiger partial charge < -0.3 is 9.47 Å². The summed E-state index contributed by atoms with van der Waals surface area (Å²) < 4.78 is 8.77. The van der Waals surface area contributed by atoms with Crippen molar-refractivity contribution in [1.29, 1.82) is 0 Å². The molecule has 0 radical (unpaired) electrons. The van der Waals surface area contributed by atoms with Crippen molar-refractivity contribution in [3.8, 4) is 0 Å². The van der Waals surface area contributed by atoms with Crippen LogP contribution >= 0.6 is 0 Å². The molecule has 14 heavy (non-hydrogen) atoms. The van der Waals surface area contributed by atoms with E-state index in [2.05, 4.69) is 9.47 Å². The van der Waals surface area contributed by atoms with Crippen LogP contribution in [0.15, 0.2) is 0 Å². The van der Waals surface area contributed by atoms with E-state index in [0.29, 0.717) is 0 Å². The SMILES string of the molecule is COC(=O)C(C)C(=O)C(C)C(=O)OC. The van der Waals surface area contributed by atoms with Crippen molar-refractivity contribution in [3.63, 3.8) is 0 Å². The molecule has 0 aromatic rings. The summed E-state index contributed by atoms with van der Waals surface area (Å²) in [7, 11) is 2.38. The second-order valence-corrected chi connectivity index (χ2v) is 2.89. The van der Waals surface area contributed by atoms with Crippen LogP contribution < -0.4 is 0 Å². The smallest absolute Gasteiger partial charge is 0.315 e. The fourth-order valence-electron chi connectivity index (χ4n) is 0.961. The minimum absolute atomic E-state index is 0.497. The third kappa shape index (κ3) is 2.83. The van der Waals surface area contributed by atoms with Crippen LogP contribution in [-0.4, -0.2) is 31.9 Å². The summed E-state index contributed by atoms with van der Waals surface area (Å²) >= 11 is 0. The minimum Gasteiger partial charge on any atom is -0.468 e. The van der Waals surface area contributed by atoms with E-state index in [1.54, 1.807) is 0 Å². The Hall–Kier alpha value is -1.39. The van der Waals surface area contributed by atoms with E-state index >= 15 is 0 Å². The van der Waals surface area contributed by atoms with Gasteiger partial charge in [-0.05, 0) is 13.8 Å². The van der Waals surface area contributed by atoms with E-state index < -0.39 is 29.6 Å². The number of carbonyl (C=O) groups is 3. The van der Waals surface area contributed by atoms with Gasteiger partial charge in [0.05, 0.1) is 14.2 Å². The maximum Gasteiger partial charge on any atom is 0.315 e. The first-order valence-electron chi connectivity index (χ1n) is 4.15. The summed E-state index contributed by atoms with van der Waals surface area (Å²) in [5, 5.41) is 0. The summed E-state index contributed by atoms with van der Waals surface area (Å²) in [4.78, 5) is 33.4. The van der Waals surface area contributed by atoms with Crippen molar-refractivity contribution in [2.24, 2.45) is 11.8 Å². The molecule has 0 bridgehead atoms. The van der Waals surface area contributed by atoms with Gasteiger partial charge in [0.25, 0.3) is 0 Å². The number of carbonyl (C=O) groups excluding carboxylic acids is 3. The Morgan fingerprint density at radius 2 is 1.14 bits per heavy atom. The molecule has 0 rings (SSSR count). The number of ether oxygens (including phenoxy) is 2. The summed E-state index contributed by atoms with van der Waals surface area (Å²) in [5.74, 6) is -3.66. The molecule has 0 aliphatic carbocycles. The van der Waals surface area contributed by atoms with Gasteiger partial charge in [0.2, 0.25) is 0 Å². The molecule has 2 unspecified atom stereocenters. The molecule has 0 spiro atoms. The predicted octanol–water partition coefficient (Wildman–Crippen LogP) is 0.174. The first-order valence-corrected chi connectivity index (χ1v) is 4.15. The summed E-state index contributed by atoms with van der Waals surface area (Å²) in [5.41, 5.74) is 0. The van der Waals surface area contributed by atoms with Crippen LogP contribution in [-0.2, 0) is 23.9 Å². The summed E-state index contributed by atoms with van der Waals surface area (Å²) in [6.07, 6.45) is 0. The van der Waals surface area contributed by atoms with Crippen molar-refractivity contribution in [2.45, 2.75) is 13.8 Å². The maximum absolute atomic E-state index is 11.4. The topological polar surface area (TPSA) is 69.7 Å². The average Bonchev–Trinajstić information content (AvgIpc) is 2.23. The summed E-state index contributed by atoms with van der Waals surface area (Å²) in [6, 6.07) is 0. The Labute approximate surface area is 82.4 Å². The number of esters is 2. The Morgan fingerprint density at radius 3 is 1.36 bits per heavy atom. The van der Waals surface area contributed by atoms with Gasteiger partial charge in [-0.25, -0.2) is 0 Å². The Morgan fingerprint density at radius 1 is 0.857 bits per heavy atom. The molecule has 0 fully saturated rings. The molecule has 0 aliphatic rings. The number of rotatable bonds is 4. The Bertz CT molecular complexity index is 222. The molecule has 0 heterocycles. The van der Waals surface area contributed by atoms with Gasteiger partial charge in [-0.15, -0.1) is 0 Å². The lowest BCUT2D eigenvalue weighted by molar-refractivity contribution is -0.154. The molecule has 5 nitrogen and oxygen atoms in total. The van der Waals surface area contributed by atoms with Crippen LogP contribution in [0.1, 0.15) is 13.8 Å². The van der Waals surface area contributed by atoms with Crippen molar-refractivity contribution in [3.05, 3.63) is 0 Å². The molecule has 0 aromatic carbocycles. The molecule has 0 aliphatic heterocycles. The lowest BCUT2D eigenvalue weighted by atomic mass is 9.96. The van der Waals surface area contributed by atoms with Crippen molar-refractivity contribution in [1.82, 2.24) is 0 Å². The first-order chi connectivity index (χ1) is 6.45. The highest BCUT2D eigenvalue weighted by Crippen LogP contribution is 2.10. The lowest BCUT2D eigenvalue weighted by Gasteiger charge is -2.12. The van der Waals surface area contributed by atoms with Gasteiger partial charge in [0.15, 0.2) is 5.78 Å². The average molecular weight is 202 g/mol. The van der Waals surface area contributed by atoms with E-state index in [9.17, 15) is 14.4 Å². The highest BCUT2D eigenvalue weighted by molar-refractivity contribution is 6.07.